The molecule has 0 aromatic heterocycles. The van der Waals surface area contributed by atoms with Crippen molar-refractivity contribution in [3.8, 4) is 5.75 Å². The number of aryl methyl sites for hydroxylation is 2. The van der Waals surface area contributed by atoms with E-state index in [1.807, 2.05) is 0 Å². The molecule has 4 aromatic rings. The van der Waals surface area contributed by atoms with Gasteiger partial charge in [0.15, 0.2) is 0 Å². The lowest BCUT2D eigenvalue weighted by molar-refractivity contribution is -0.387. The molecular weight excluding hydrogens is 575 g/mol. The van der Waals surface area contributed by atoms with Gasteiger partial charge < -0.3 is 4.74 Å². The van der Waals surface area contributed by atoms with Gasteiger partial charge in [-0.2, -0.15) is 0 Å². The first-order valence-corrected chi connectivity index (χ1v) is 15.5. The molecule has 4 aromatic carbocycles. The lowest BCUT2D eigenvalue weighted by Gasteiger charge is -2.17. The van der Waals surface area contributed by atoms with Gasteiger partial charge in [-0.05, 0) is 56.3 Å². The molecule has 0 saturated carbocycles. The highest BCUT2D eigenvalue weighted by Gasteiger charge is 2.26. The molecule has 0 heterocycles. The molecule has 13 heteroatoms. The van der Waals surface area contributed by atoms with E-state index in [-0.39, 0.29) is 26.1 Å². The predicted octanol–water partition coefficient (Wildman–Crippen LogP) is 5.97. The molecule has 0 fully saturated rings. The van der Waals surface area contributed by atoms with E-state index in [2.05, 4.69) is 9.44 Å². The number of nitrogens with one attached hydrogen (secondary N) is 2. The Balaban J connectivity index is 1.86. The lowest BCUT2D eigenvalue weighted by atomic mass is 10.2. The number of ether oxygens (including phenoxy) is 1. The second-order valence-corrected chi connectivity index (χ2v) is 13.2. The van der Waals surface area contributed by atoms with Crippen LogP contribution in [0.4, 0.5) is 17.1 Å². The summed E-state index contributed by atoms with van der Waals surface area (Å²) >= 11 is 0.978. The lowest BCUT2D eigenvalue weighted by Crippen LogP contribution is -2.18. The molecule has 0 radical (unpaired) electrons. The zero-order valence-electron chi connectivity index (χ0n) is 21.6. The van der Waals surface area contributed by atoms with E-state index in [1.54, 1.807) is 62.4 Å². The predicted molar refractivity (Wildman–Crippen MR) is 154 cm³/mol. The van der Waals surface area contributed by atoms with Crippen LogP contribution in [0.15, 0.2) is 105 Å². The zero-order valence-corrected chi connectivity index (χ0v) is 24.1. The molecule has 10 nitrogen and oxygen atoms in total. The molecule has 2 N–H and O–H groups in total. The fraction of sp³-hybridized carbons (Fsp3) is 0.111. The van der Waals surface area contributed by atoms with Gasteiger partial charge in [-0.25, -0.2) is 16.8 Å². The van der Waals surface area contributed by atoms with Crippen LogP contribution in [0.1, 0.15) is 11.1 Å². The van der Waals surface area contributed by atoms with Crippen LogP contribution in [-0.4, -0.2) is 28.9 Å². The van der Waals surface area contributed by atoms with Crippen molar-refractivity contribution in [3.05, 3.63) is 106 Å². The molecule has 0 atom stereocenters. The number of nitrogens with zero attached hydrogens (tertiary/aromatic N) is 1. The smallest absolute Gasteiger partial charge is 0.285 e. The van der Waals surface area contributed by atoms with Crippen LogP contribution in [0.25, 0.3) is 0 Å². The summed E-state index contributed by atoms with van der Waals surface area (Å²) in [5.41, 5.74) is 0.734. The van der Waals surface area contributed by atoms with Crippen molar-refractivity contribution in [2.45, 2.75) is 33.4 Å². The summed E-state index contributed by atoms with van der Waals surface area (Å²) in [6.07, 6.45) is 0. The van der Waals surface area contributed by atoms with E-state index < -0.39 is 30.7 Å². The first-order valence-electron chi connectivity index (χ1n) is 11.7. The van der Waals surface area contributed by atoms with Crippen molar-refractivity contribution in [2.24, 2.45) is 0 Å². The number of para-hydroxylation sites is 1. The van der Waals surface area contributed by atoms with Gasteiger partial charge in [0.25, 0.3) is 25.7 Å². The summed E-state index contributed by atoms with van der Waals surface area (Å²) in [5.74, 6) is 0.452. The molecule has 0 bridgehead atoms. The van der Waals surface area contributed by atoms with Gasteiger partial charge in [-0.1, -0.05) is 59.3 Å². The fourth-order valence-corrected chi connectivity index (χ4v) is 6.82. The van der Waals surface area contributed by atoms with E-state index in [0.717, 1.165) is 29.0 Å². The van der Waals surface area contributed by atoms with Crippen LogP contribution in [-0.2, 0) is 20.0 Å². The third-order valence-corrected chi connectivity index (χ3v) is 9.60. The van der Waals surface area contributed by atoms with E-state index in [1.165, 1.54) is 37.4 Å². The third kappa shape index (κ3) is 6.55. The number of rotatable bonds is 10. The van der Waals surface area contributed by atoms with E-state index >= 15 is 0 Å². The third-order valence-electron chi connectivity index (χ3n) is 5.74. The van der Waals surface area contributed by atoms with Crippen LogP contribution in [0.3, 0.4) is 0 Å². The number of methoxy groups -OCH3 is 1. The fourth-order valence-electron chi connectivity index (χ4n) is 3.63. The maximum Gasteiger partial charge on any atom is 0.285 e. The standard InChI is InChI=1S/C27H25N3O7S3/c1-18-8-12-20(13-9-18)39(33,34)28-22-16-24(30(31)32)27(38-26-7-5-4-6-25(26)37-3)17-23(22)29-40(35,36)21-14-10-19(2)11-15-21/h4-17,28-29H,1-3H3. The molecule has 40 heavy (non-hydrogen) atoms. The van der Waals surface area contributed by atoms with Crippen molar-refractivity contribution < 1.29 is 26.5 Å². The average Bonchev–Trinajstić information content (AvgIpc) is 2.90. The Hall–Kier alpha value is -4.07. The number of nitro benzene ring substituents is 1. The van der Waals surface area contributed by atoms with Gasteiger partial charge in [0.05, 0.1) is 43.0 Å². The summed E-state index contributed by atoms with van der Waals surface area (Å²) in [7, 11) is -6.98. The van der Waals surface area contributed by atoms with Crippen LogP contribution in [0.2, 0.25) is 0 Å². The monoisotopic (exact) mass is 599 g/mol. The summed E-state index contributed by atoms with van der Waals surface area (Å²) < 4.78 is 63.0. The summed E-state index contributed by atoms with van der Waals surface area (Å²) in [4.78, 5) is 11.9. The number of anilines is 2. The molecule has 0 spiro atoms. The Kier molecular flexibility index (Phi) is 8.37. The molecule has 0 aliphatic heterocycles. The molecular formula is C27H25N3O7S3. The van der Waals surface area contributed by atoms with E-state index in [4.69, 9.17) is 4.74 Å². The van der Waals surface area contributed by atoms with Gasteiger partial charge in [0.1, 0.15) is 5.75 Å². The van der Waals surface area contributed by atoms with Crippen molar-refractivity contribution in [1.82, 2.24) is 0 Å². The maximum absolute atomic E-state index is 13.3. The molecule has 0 saturated heterocycles. The quantitative estimate of drug-likeness (QED) is 0.167. The average molecular weight is 600 g/mol. The van der Waals surface area contributed by atoms with Crippen molar-refractivity contribution in [2.75, 3.05) is 16.6 Å². The molecule has 0 amide bonds. The molecule has 0 aliphatic carbocycles. The number of nitro groups is 1. The Labute approximate surface area is 236 Å². The highest BCUT2D eigenvalue weighted by molar-refractivity contribution is 7.99. The highest BCUT2D eigenvalue weighted by atomic mass is 32.2. The second-order valence-electron chi connectivity index (χ2n) is 8.71. The molecule has 4 rings (SSSR count). The van der Waals surface area contributed by atoms with Crippen LogP contribution in [0.5, 0.6) is 5.75 Å². The van der Waals surface area contributed by atoms with Crippen LogP contribution >= 0.6 is 11.8 Å². The summed E-state index contributed by atoms with van der Waals surface area (Å²) in [6, 6.07) is 21.1. The Morgan fingerprint density at radius 2 is 1.20 bits per heavy atom. The van der Waals surface area contributed by atoms with E-state index in [0.29, 0.717) is 10.6 Å². The van der Waals surface area contributed by atoms with Crippen molar-refractivity contribution in [3.63, 3.8) is 0 Å². The van der Waals surface area contributed by atoms with Gasteiger partial charge in [-0.3, -0.25) is 19.6 Å². The summed E-state index contributed by atoms with van der Waals surface area (Å²) in [5, 5.41) is 12.1. The summed E-state index contributed by atoms with van der Waals surface area (Å²) in [6.45, 7) is 3.60. The van der Waals surface area contributed by atoms with Gasteiger partial charge >= 0.3 is 0 Å². The van der Waals surface area contributed by atoms with Gasteiger partial charge in [0, 0.05) is 6.07 Å². The van der Waals surface area contributed by atoms with Crippen molar-refractivity contribution in [1.29, 1.82) is 0 Å². The minimum absolute atomic E-state index is 0.0642. The largest absolute Gasteiger partial charge is 0.496 e. The van der Waals surface area contributed by atoms with E-state index in [9.17, 15) is 26.9 Å². The highest BCUT2D eigenvalue weighted by Crippen LogP contribution is 2.43. The molecule has 0 aliphatic rings. The SMILES string of the molecule is COc1ccccc1Sc1cc(NS(=O)(=O)c2ccc(C)cc2)c(NS(=O)(=O)c2ccc(C)cc2)cc1[N+](=O)[O-]. The Morgan fingerprint density at radius 1 is 0.725 bits per heavy atom. The number of hydrogen-bond acceptors (Lipinski definition) is 8. The van der Waals surface area contributed by atoms with Crippen molar-refractivity contribution >= 4 is 48.9 Å². The maximum atomic E-state index is 13.3. The second kappa shape index (κ2) is 11.6. The molecule has 0 unspecified atom stereocenters. The van der Waals surface area contributed by atoms with Gasteiger partial charge in [-0.15, -0.1) is 0 Å². The van der Waals surface area contributed by atoms with Crippen LogP contribution in [0, 0.1) is 24.0 Å². The topological polar surface area (TPSA) is 145 Å². The number of hydrogen-bond donors (Lipinski definition) is 2. The number of sulfonamides is 2. The number of benzene rings is 4. The first kappa shape index (κ1) is 28.9. The first-order chi connectivity index (χ1) is 18.9. The zero-order chi connectivity index (χ0) is 29.1. The minimum atomic E-state index is -4.24. The minimum Gasteiger partial charge on any atom is -0.496 e. The normalized spacial score (nSPS) is 11.6. The van der Waals surface area contributed by atoms with Gasteiger partial charge in [0.2, 0.25) is 0 Å². The Bertz CT molecular complexity index is 1770. The molecule has 208 valence electrons. The Morgan fingerprint density at radius 3 is 1.68 bits per heavy atom. The van der Waals surface area contributed by atoms with Crippen LogP contribution < -0.4 is 14.2 Å².